The summed E-state index contributed by atoms with van der Waals surface area (Å²) in [4.78, 5) is 18.8. The lowest BCUT2D eigenvalue weighted by molar-refractivity contribution is -0.137. The van der Waals surface area contributed by atoms with Gasteiger partial charge >= 0.3 is 6.18 Å². The molecule has 1 amide bonds. The number of benzene rings is 2. The summed E-state index contributed by atoms with van der Waals surface area (Å²) in [5.41, 5.74) is 2.69. The first-order valence-electron chi connectivity index (χ1n) is 9.03. The van der Waals surface area contributed by atoms with Gasteiger partial charge in [-0.05, 0) is 31.2 Å². The zero-order valence-electron chi connectivity index (χ0n) is 15.5. The van der Waals surface area contributed by atoms with E-state index >= 15 is 0 Å². The van der Waals surface area contributed by atoms with Crippen LogP contribution in [0.1, 0.15) is 32.9 Å². The maximum absolute atomic E-state index is 13.1. The van der Waals surface area contributed by atoms with Gasteiger partial charge in [-0.2, -0.15) is 13.2 Å². The van der Waals surface area contributed by atoms with E-state index in [9.17, 15) is 18.0 Å². The van der Waals surface area contributed by atoms with Crippen molar-refractivity contribution in [2.24, 2.45) is 0 Å². The van der Waals surface area contributed by atoms with Gasteiger partial charge in [0.2, 0.25) is 0 Å². The third-order valence-electron chi connectivity index (χ3n) is 5.05. The molecule has 1 aliphatic rings. The number of aryl methyl sites for hydroxylation is 1. The predicted molar refractivity (Wildman–Crippen MR) is 103 cm³/mol. The van der Waals surface area contributed by atoms with Crippen LogP contribution in [0.5, 0.6) is 0 Å². The molecule has 0 fully saturated rings. The van der Waals surface area contributed by atoms with E-state index in [2.05, 4.69) is 4.98 Å². The third kappa shape index (κ3) is 3.62. The van der Waals surface area contributed by atoms with Crippen LogP contribution >= 0.6 is 11.6 Å². The Bertz CT molecular complexity index is 1070. The van der Waals surface area contributed by atoms with Crippen molar-refractivity contribution in [1.29, 1.82) is 0 Å². The number of halogens is 4. The summed E-state index contributed by atoms with van der Waals surface area (Å²) in [6, 6.07) is 11.4. The minimum absolute atomic E-state index is 0.150. The highest BCUT2D eigenvalue weighted by Crippen LogP contribution is 2.37. The maximum Gasteiger partial charge on any atom is 0.417 e. The first-order chi connectivity index (χ1) is 13.8. The van der Waals surface area contributed by atoms with E-state index < -0.39 is 22.7 Å². The normalized spacial score (nSPS) is 14.0. The van der Waals surface area contributed by atoms with Crippen molar-refractivity contribution in [1.82, 2.24) is 14.5 Å². The molecule has 150 valence electrons. The molecule has 0 unspecified atom stereocenters. The van der Waals surface area contributed by atoms with Gasteiger partial charge in [0.25, 0.3) is 5.91 Å². The number of imidazole rings is 1. The monoisotopic (exact) mass is 419 g/mol. The Morgan fingerprint density at radius 3 is 2.55 bits per heavy atom. The van der Waals surface area contributed by atoms with Gasteiger partial charge in [0.15, 0.2) is 0 Å². The Hall–Kier alpha value is -2.80. The van der Waals surface area contributed by atoms with Crippen molar-refractivity contribution in [3.05, 3.63) is 81.9 Å². The number of hydrogen-bond donors (Lipinski definition) is 0. The van der Waals surface area contributed by atoms with E-state index in [4.69, 9.17) is 11.6 Å². The number of carbonyl (C=O) groups excluding carboxylic acids is 1. The van der Waals surface area contributed by atoms with Crippen LogP contribution < -0.4 is 0 Å². The summed E-state index contributed by atoms with van der Waals surface area (Å²) in [5.74, 6) is -0.531. The number of nitrogens with zero attached hydrogens (tertiary/aromatic N) is 3. The average molecular weight is 420 g/mol. The van der Waals surface area contributed by atoms with Crippen LogP contribution in [0.3, 0.4) is 0 Å². The molecular formula is C21H17ClF3N3O. The summed E-state index contributed by atoms with van der Waals surface area (Å²) in [7, 11) is 0. The molecule has 4 nitrogen and oxygen atoms in total. The summed E-state index contributed by atoms with van der Waals surface area (Å²) >= 11 is 5.92. The highest BCUT2D eigenvalue weighted by molar-refractivity contribution is 6.34. The summed E-state index contributed by atoms with van der Waals surface area (Å²) in [6.07, 6.45) is -2.36. The van der Waals surface area contributed by atoms with E-state index in [1.807, 2.05) is 35.8 Å². The number of amides is 1. The molecule has 0 atom stereocenters. The zero-order valence-corrected chi connectivity index (χ0v) is 16.3. The van der Waals surface area contributed by atoms with Gasteiger partial charge in [-0.3, -0.25) is 4.79 Å². The van der Waals surface area contributed by atoms with Crippen LogP contribution in [-0.2, 0) is 19.1 Å². The van der Waals surface area contributed by atoms with Gasteiger partial charge in [0, 0.05) is 24.3 Å². The molecule has 4 rings (SSSR count). The molecule has 0 N–H and O–H groups in total. The van der Waals surface area contributed by atoms with Crippen molar-refractivity contribution in [2.45, 2.75) is 26.1 Å². The van der Waals surface area contributed by atoms with Crippen molar-refractivity contribution in [3.8, 4) is 5.69 Å². The van der Waals surface area contributed by atoms with Crippen molar-refractivity contribution in [2.75, 3.05) is 6.54 Å². The lowest BCUT2D eigenvalue weighted by Crippen LogP contribution is -2.36. The largest absolute Gasteiger partial charge is 0.417 e. The standard InChI is InChI=1S/C21H17ClF3N3O/c1-13-5-7-14(8-6-13)28-12-26-17-11-27(10-9-18(17)28)20(29)15-3-2-4-16(19(15)22)21(23,24)25/h2-8,12H,9-11H2,1H3. The molecule has 1 aromatic heterocycles. The minimum Gasteiger partial charge on any atom is -0.332 e. The zero-order chi connectivity index (χ0) is 20.8. The molecule has 1 aliphatic heterocycles. The summed E-state index contributed by atoms with van der Waals surface area (Å²) in [5, 5.41) is -0.569. The summed E-state index contributed by atoms with van der Waals surface area (Å²) in [6.45, 7) is 2.60. The van der Waals surface area contributed by atoms with Crippen LogP contribution in [0, 0.1) is 6.92 Å². The van der Waals surface area contributed by atoms with E-state index in [0.717, 1.165) is 28.7 Å². The van der Waals surface area contributed by atoms with Gasteiger partial charge in [0.05, 0.1) is 34.7 Å². The molecule has 0 radical (unpaired) electrons. The number of carbonyl (C=O) groups is 1. The van der Waals surface area contributed by atoms with Gasteiger partial charge < -0.3 is 9.47 Å². The summed E-state index contributed by atoms with van der Waals surface area (Å²) < 4.78 is 41.3. The van der Waals surface area contributed by atoms with Gasteiger partial charge in [-0.15, -0.1) is 0 Å². The second kappa shape index (κ2) is 7.22. The molecule has 0 aliphatic carbocycles. The quantitative estimate of drug-likeness (QED) is 0.583. The molecule has 2 aromatic carbocycles. The van der Waals surface area contributed by atoms with Crippen molar-refractivity contribution >= 4 is 17.5 Å². The fourth-order valence-electron chi connectivity index (χ4n) is 3.50. The highest BCUT2D eigenvalue weighted by Gasteiger charge is 2.35. The van der Waals surface area contributed by atoms with E-state index in [1.165, 1.54) is 17.0 Å². The van der Waals surface area contributed by atoms with E-state index in [-0.39, 0.29) is 12.1 Å². The van der Waals surface area contributed by atoms with E-state index in [1.54, 1.807) is 6.33 Å². The predicted octanol–water partition coefficient (Wildman–Crippen LogP) is 5.05. The second-order valence-corrected chi connectivity index (χ2v) is 7.36. The first-order valence-corrected chi connectivity index (χ1v) is 9.40. The number of fused-ring (bicyclic) bond motifs is 1. The smallest absolute Gasteiger partial charge is 0.332 e. The second-order valence-electron chi connectivity index (χ2n) is 6.99. The van der Waals surface area contributed by atoms with E-state index in [0.29, 0.717) is 13.0 Å². The molecule has 0 spiro atoms. The number of aromatic nitrogens is 2. The third-order valence-corrected chi connectivity index (χ3v) is 5.45. The molecule has 3 aromatic rings. The Kier molecular flexibility index (Phi) is 4.86. The van der Waals surface area contributed by atoms with Crippen LogP contribution in [0.25, 0.3) is 5.69 Å². The fraction of sp³-hybridized carbons (Fsp3) is 0.238. The molecular weight excluding hydrogens is 403 g/mol. The molecule has 2 heterocycles. The van der Waals surface area contributed by atoms with Crippen LogP contribution in [0.15, 0.2) is 48.8 Å². The Morgan fingerprint density at radius 2 is 1.86 bits per heavy atom. The lowest BCUT2D eigenvalue weighted by atomic mass is 10.1. The molecule has 8 heteroatoms. The number of alkyl halides is 3. The van der Waals surface area contributed by atoms with Gasteiger partial charge in [-0.25, -0.2) is 4.98 Å². The van der Waals surface area contributed by atoms with Crippen LogP contribution in [-0.4, -0.2) is 26.9 Å². The Labute approximate surface area is 170 Å². The highest BCUT2D eigenvalue weighted by atomic mass is 35.5. The van der Waals surface area contributed by atoms with Crippen LogP contribution in [0.4, 0.5) is 13.2 Å². The average Bonchev–Trinajstić information content (AvgIpc) is 3.10. The molecule has 0 saturated heterocycles. The first kappa shape index (κ1) is 19.5. The lowest BCUT2D eigenvalue weighted by Gasteiger charge is -2.28. The minimum atomic E-state index is -4.62. The van der Waals surface area contributed by atoms with Crippen molar-refractivity contribution < 1.29 is 18.0 Å². The Morgan fingerprint density at radius 1 is 1.14 bits per heavy atom. The van der Waals surface area contributed by atoms with Gasteiger partial charge in [0.1, 0.15) is 0 Å². The van der Waals surface area contributed by atoms with Crippen molar-refractivity contribution in [3.63, 3.8) is 0 Å². The Balaban J connectivity index is 1.60. The van der Waals surface area contributed by atoms with Crippen LogP contribution in [0.2, 0.25) is 5.02 Å². The fourth-order valence-corrected chi connectivity index (χ4v) is 3.81. The number of rotatable bonds is 2. The van der Waals surface area contributed by atoms with Gasteiger partial charge in [-0.1, -0.05) is 35.4 Å². The molecule has 0 bridgehead atoms. The SMILES string of the molecule is Cc1ccc(-n2cnc3c2CCN(C(=O)c2cccc(C(F)(F)F)c2Cl)C3)cc1. The topological polar surface area (TPSA) is 38.1 Å². The molecule has 0 saturated carbocycles. The molecule has 29 heavy (non-hydrogen) atoms. The maximum atomic E-state index is 13.1. The number of hydrogen-bond acceptors (Lipinski definition) is 2.